The molecule has 5 heteroatoms. The van der Waals surface area contributed by atoms with Crippen LogP contribution >= 0.6 is 15.9 Å². The zero-order chi connectivity index (χ0) is 14.7. The van der Waals surface area contributed by atoms with Crippen LogP contribution in [0.15, 0.2) is 46.9 Å². The molecule has 0 radical (unpaired) electrons. The molecule has 1 N–H and O–H groups in total. The van der Waals surface area contributed by atoms with Gasteiger partial charge in [-0.2, -0.15) is 0 Å². The highest BCUT2D eigenvalue weighted by Crippen LogP contribution is 2.36. The van der Waals surface area contributed by atoms with E-state index in [2.05, 4.69) is 15.9 Å². The molecule has 2 rings (SSSR count). The highest BCUT2D eigenvalue weighted by Gasteiger charge is 2.14. The Kier molecular flexibility index (Phi) is 4.29. The van der Waals surface area contributed by atoms with E-state index in [9.17, 15) is 4.79 Å². The van der Waals surface area contributed by atoms with Crippen molar-refractivity contribution in [1.29, 1.82) is 0 Å². The molecule has 0 bridgehead atoms. The normalized spacial score (nSPS) is 10.2. The van der Waals surface area contributed by atoms with Crippen LogP contribution in [0.5, 0.6) is 5.75 Å². The van der Waals surface area contributed by atoms with Crippen LogP contribution in [0.25, 0.3) is 0 Å². The third kappa shape index (κ3) is 2.77. The van der Waals surface area contributed by atoms with Gasteiger partial charge in [0.15, 0.2) is 0 Å². The van der Waals surface area contributed by atoms with Crippen molar-refractivity contribution >= 4 is 33.3 Å². The van der Waals surface area contributed by atoms with Gasteiger partial charge >= 0.3 is 5.97 Å². The molecule has 0 aromatic heterocycles. The summed E-state index contributed by atoms with van der Waals surface area (Å²) in [6.45, 7) is 0. The number of ether oxygens (including phenoxy) is 1. The van der Waals surface area contributed by atoms with E-state index in [-0.39, 0.29) is 5.56 Å². The topological polar surface area (TPSA) is 49.8 Å². The van der Waals surface area contributed by atoms with Crippen molar-refractivity contribution in [2.75, 3.05) is 19.1 Å². The molecule has 0 spiro atoms. The smallest absolute Gasteiger partial charge is 0.335 e. The Morgan fingerprint density at radius 2 is 1.90 bits per heavy atom. The van der Waals surface area contributed by atoms with E-state index in [4.69, 9.17) is 9.84 Å². The first-order valence-electron chi connectivity index (χ1n) is 5.94. The lowest BCUT2D eigenvalue weighted by atomic mass is 10.2. The van der Waals surface area contributed by atoms with Crippen LogP contribution in [0.1, 0.15) is 10.4 Å². The average Bonchev–Trinajstić information content (AvgIpc) is 2.46. The van der Waals surface area contributed by atoms with Gasteiger partial charge in [0.1, 0.15) is 5.75 Å². The molecule has 2 aromatic carbocycles. The predicted octanol–water partition coefficient (Wildman–Crippen LogP) is 3.92. The largest absolute Gasteiger partial charge is 0.495 e. The zero-order valence-corrected chi connectivity index (χ0v) is 12.7. The molecule has 0 heterocycles. The lowest BCUT2D eigenvalue weighted by molar-refractivity contribution is 0.0697. The number of anilines is 2. The number of aromatic carboxylic acids is 1. The molecule has 0 aliphatic carbocycles. The molecule has 0 amide bonds. The summed E-state index contributed by atoms with van der Waals surface area (Å²) in [7, 11) is 3.52. The maximum absolute atomic E-state index is 11.0. The standard InChI is InChI=1S/C15H14BrNO3/c1-17(13-5-3-4-6-14(13)20-2)12-8-7-10(15(18)19)9-11(12)16/h3-9H,1-2H3,(H,18,19). The molecule has 4 nitrogen and oxygen atoms in total. The maximum atomic E-state index is 11.0. The second-order valence-corrected chi connectivity index (χ2v) is 5.06. The van der Waals surface area contributed by atoms with E-state index in [1.807, 2.05) is 36.2 Å². The number of halogens is 1. The first kappa shape index (κ1) is 14.4. The molecular weight excluding hydrogens is 322 g/mol. The molecule has 0 aliphatic heterocycles. The minimum Gasteiger partial charge on any atom is -0.495 e. The number of hydrogen-bond donors (Lipinski definition) is 1. The van der Waals surface area contributed by atoms with E-state index in [1.165, 1.54) is 0 Å². The number of rotatable bonds is 4. The van der Waals surface area contributed by atoms with Crippen LogP contribution in [0.4, 0.5) is 11.4 Å². The fourth-order valence-corrected chi connectivity index (χ4v) is 2.59. The molecule has 104 valence electrons. The molecule has 0 fully saturated rings. The Labute approximate surface area is 125 Å². The van der Waals surface area contributed by atoms with Gasteiger partial charge in [-0.3, -0.25) is 0 Å². The Hall–Kier alpha value is -2.01. The van der Waals surface area contributed by atoms with Gasteiger partial charge < -0.3 is 14.7 Å². The molecule has 0 unspecified atom stereocenters. The van der Waals surface area contributed by atoms with E-state index < -0.39 is 5.97 Å². The number of carbonyl (C=O) groups is 1. The van der Waals surface area contributed by atoms with Crippen molar-refractivity contribution in [1.82, 2.24) is 0 Å². The summed E-state index contributed by atoms with van der Waals surface area (Å²) < 4.78 is 6.05. The number of benzene rings is 2. The zero-order valence-electron chi connectivity index (χ0n) is 11.1. The van der Waals surface area contributed by atoms with Crippen LogP contribution in [-0.2, 0) is 0 Å². The van der Waals surface area contributed by atoms with Gasteiger partial charge in [0.05, 0.1) is 24.0 Å². The van der Waals surface area contributed by atoms with Crippen LogP contribution in [0.3, 0.4) is 0 Å². The number of carboxylic acids is 1. The van der Waals surface area contributed by atoms with Crippen molar-refractivity contribution in [3.8, 4) is 5.75 Å². The maximum Gasteiger partial charge on any atom is 0.335 e. The van der Waals surface area contributed by atoms with Gasteiger partial charge in [0.25, 0.3) is 0 Å². The number of carboxylic acid groups (broad SMARTS) is 1. The number of methoxy groups -OCH3 is 1. The van der Waals surface area contributed by atoms with Crippen LogP contribution in [0.2, 0.25) is 0 Å². The molecular formula is C15H14BrNO3. The molecule has 20 heavy (non-hydrogen) atoms. The summed E-state index contributed by atoms with van der Waals surface area (Å²) in [5.41, 5.74) is 2.01. The number of hydrogen-bond acceptors (Lipinski definition) is 3. The summed E-state index contributed by atoms with van der Waals surface area (Å²) in [6.07, 6.45) is 0. The van der Waals surface area contributed by atoms with Crippen molar-refractivity contribution in [2.24, 2.45) is 0 Å². The summed E-state index contributed by atoms with van der Waals surface area (Å²) in [5.74, 6) is -0.193. The van der Waals surface area contributed by atoms with Crippen molar-refractivity contribution < 1.29 is 14.6 Å². The van der Waals surface area contributed by atoms with E-state index >= 15 is 0 Å². The highest BCUT2D eigenvalue weighted by molar-refractivity contribution is 9.10. The van der Waals surface area contributed by atoms with E-state index in [0.29, 0.717) is 4.47 Å². The SMILES string of the molecule is COc1ccccc1N(C)c1ccc(C(=O)O)cc1Br. The Morgan fingerprint density at radius 3 is 2.50 bits per heavy atom. The van der Waals surface area contributed by atoms with Gasteiger partial charge in [-0.1, -0.05) is 12.1 Å². The Morgan fingerprint density at radius 1 is 1.20 bits per heavy atom. The Balaban J connectivity index is 2.43. The minimum atomic E-state index is -0.947. The molecule has 0 aliphatic rings. The summed E-state index contributed by atoms with van der Waals surface area (Å²) >= 11 is 3.41. The first-order valence-corrected chi connectivity index (χ1v) is 6.73. The van der Waals surface area contributed by atoms with Crippen molar-refractivity contribution in [3.05, 3.63) is 52.5 Å². The quantitative estimate of drug-likeness (QED) is 0.919. The lowest BCUT2D eigenvalue weighted by Gasteiger charge is -2.23. The predicted molar refractivity (Wildman–Crippen MR) is 82.2 cm³/mol. The minimum absolute atomic E-state index is 0.244. The molecule has 0 saturated carbocycles. The van der Waals surface area contributed by atoms with Gasteiger partial charge in [-0.05, 0) is 46.3 Å². The van der Waals surface area contributed by atoms with Crippen LogP contribution in [0, 0.1) is 0 Å². The third-order valence-corrected chi connectivity index (χ3v) is 3.64. The molecule has 0 atom stereocenters. The average molecular weight is 336 g/mol. The molecule has 0 saturated heterocycles. The first-order chi connectivity index (χ1) is 9.54. The second-order valence-electron chi connectivity index (χ2n) is 4.20. The van der Waals surface area contributed by atoms with E-state index in [0.717, 1.165) is 17.1 Å². The number of nitrogens with zero attached hydrogens (tertiary/aromatic N) is 1. The summed E-state index contributed by atoms with van der Waals surface area (Å²) in [6, 6.07) is 12.6. The van der Waals surface area contributed by atoms with Gasteiger partial charge in [0, 0.05) is 11.5 Å². The number of para-hydroxylation sites is 2. The van der Waals surface area contributed by atoms with Crippen molar-refractivity contribution in [2.45, 2.75) is 0 Å². The van der Waals surface area contributed by atoms with Gasteiger partial charge in [0.2, 0.25) is 0 Å². The highest BCUT2D eigenvalue weighted by atomic mass is 79.9. The molecule has 2 aromatic rings. The summed E-state index contributed by atoms with van der Waals surface area (Å²) in [5, 5.41) is 8.98. The van der Waals surface area contributed by atoms with Gasteiger partial charge in [-0.25, -0.2) is 4.79 Å². The lowest BCUT2D eigenvalue weighted by Crippen LogP contribution is -2.11. The fourth-order valence-electron chi connectivity index (χ4n) is 1.95. The van der Waals surface area contributed by atoms with E-state index in [1.54, 1.807) is 25.3 Å². The van der Waals surface area contributed by atoms with Crippen LogP contribution in [-0.4, -0.2) is 25.2 Å². The van der Waals surface area contributed by atoms with Gasteiger partial charge in [-0.15, -0.1) is 0 Å². The van der Waals surface area contributed by atoms with Crippen molar-refractivity contribution in [3.63, 3.8) is 0 Å². The van der Waals surface area contributed by atoms with Crippen LogP contribution < -0.4 is 9.64 Å². The third-order valence-electron chi connectivity index (χ3n) is 3.00. The fraction of sp³-hybridized carbons (Fsp3) is 0.133. The monoisotopic (exact) mass is 335 g/mol. The summed E-state index contributed by atoms with van der Waals surface area (Å²) in [4.78, 5) is 12.9. The Bertz CT molecular complexity index is 643. The second kappa shape index (κ2) is 5.96.